The van der Waals surface area contributed by atoms with Crippen LogP contribution in [0.2, 0.25) is 0 Å². The number of allylic oxidation sites excluding steroid dienone is 1. The second-order valence-electron chi connectivity index (χ2n) is 6.71. The number of aromatic nitrogens is 2. The Balaban J connectivity index is 1.76. The lowest BCUT2D eigenvalue weighted by molar-refractivity contribution is 0.602. The summed E-state index contributed by atoms with van der Waals surface area (Å²) in [6.45, 7) is 0. The molecule has 0 amide bonds. The molecule has 0 saturated heterocycles. The molecule has 7 nitrogen and oxygen atoms in total. The molecule has 29 heavy (non-hydrogen) atoms. The fourth-order valence-electron chi connectivity index (χ4n) is 3.37. The summed E-state index contributed by atoms with van der Waals surface area (Å²) >= 11 is 1.22. The third kappa shape index (κ3) is 2.78. The van der Waals surface area contributed by atoms with Gasteiger partial charge < -0.3 is 5.73 Å². The van der Waals surface area contributed by atoms with Crippen molar-refractivity contribution in [2.75, 3.05) is 12.0 Å². The van der Waals surface area contributed by atoms with E-state index in [1.807, 2.05) is 24.3 Å². The van der Waals surface area contributed by atoms with E-state index in [4.69, 9.17) is 5.73 Å². The molecular formula is C20H14N4O3S2. The highest BCUT2D eigenvalue weighted by Gasteiger charge is 2.18. The van der Waals surface area contributed by atoms with Gasteiger partial charge in [0.2, 0.25) is 0 Å². The van der Waals surface area contributed by atoms with E-state index in [1.165, 1.54) is 17.4 Å². The van der Waals surface area contributed by atoms with E-state index in [-0.39, 0.29) is 16.3 Å². The summed E-state index contributed by atoms with van der Waals surface area (Å²) in [6, 6.07) is 12.4. The Morgan fingerprint density at radius 1 is 1.17 bits per heavy atom. The summed E-state index contributed by atoms with van der Waals surface area (Å²) in [5.41, 5.74) is 9.44. The average Bonchev–Trinajstić information content (AvgIpc) is 3.24. The first-order valence-electron chi connectivity index (χ1n) is 8.63. The molecule has 2 N–H and O–H groups in total. The largest absolute Gasteiger partial charge is 0.384 e. The summed E-state index contributed by atoms with van der Waals surface area (Å²) in [5.74, 6) is 0.253. The number of hydrogen-bond acceptors (Lipinski definition) is 7. The number of nitrogens with zero attached hydrogens (tertiary/aromatic N) is 3. The Bertz CT molecular complexity index is 1560. The van der Waals surface area contributed by atoms with Gasteiger partial charge in [-0.25, -0.2) is 8.42 Å². The molecule has 0 bridgehead atoms. The third-order valence-electron chi connectivity index (χ3n) is 4.79. The van der Waals surface area contributed by atoms with Gasteiger partial charge in [0.15, 0.2) is 14.8 Å². The first-order valence-corrected chi connectivity index (χ1v) is 11.3. The minimum absolute atomic E-state index is 0.208. The molecule has 3 heterocycles. The third-order valence-corrected chi connectivity index (χ3v) is 6.91. The highest BCUT2D eigenvalue weighted by molar-refractivity contribution is 7.90. The SMILES string of the molecule is CS(=O)(=O)c1ccc2c(c1)sc1nc(=O)c(C=C3C=Nc4ccccc43)c(N)n12. The molecule has 0 saturated carbocycles. The van der Waals surface area contributed by atoms with Crippen LogP contribution in [0.15, 0.2) is 57.1 Å². The number of benzene rings is 2. The summed E-state index contributed by atoms with van der Waals surface area (Å²) in [6.07, 6.45) is 4.55. The fourth-order valence-corrected chi connectivity index (χ4v) is 5.15. The summed E-state index contributed by atoms with van der Waals surface area (Å²) < 4.78 is 26.1. The molecule has 1 aliphatic heterocycles. The van der Waals surface area contributed by atoms with E-state index < -0.39 is 15.4 Å². The highest BCUT2D eigenvalue weighted by atomic mass is 32.2. The van der Waals surface area contributed by atoms with Crippen LogP contribution in [0.3, 0.4) is 0 Å². The van der Waals surface area contributed by atoms with E-state index in [2.05, 4.69) is 9.98 Å². The van der Waals surface area contributed by atoms with Crippen LogP contribution in [0.5, 0.6) is 0 Å². The maximum absolute atomic E-state index is 12.7. The van der Waals surface area contributed by atoms with Crippen molar-refractivity contribution in [3.63, 3.8) is 0 Å². The van der Waals surface area contributed by atoms with Crippen LogP contribution in [0, 0.1) is 0 Å². The van der Waals surface area contributed by atoms with Gasteiger partial charge in [0.25, 0.3) is 5.56 Å². The summed E-state index contributed by atoms with van der Waals surface area (Å²) in [4.78, 5) is 21.8. The summed E-state index contributed by atoms with van der Waals surface area (Å²) in [7, 11) is -3.34. The van der Waals surface area contributed by atoms with E-state index in [0.29, 0.717) is 15.2 Å². The van der Waals surface area contributed by atoms with Gasteiger partial charge in [-0.05, 0) is 30.3 Å². The lowest BCUT2D eigenvalue weighted by atomic mass is 10.1. The van der Waals surface area contributed by atoms with Gasteiger partial charge in [0.05, 0.1) is 26.4 Å². The number of hydrogen-bond donors (Lipinski definition) is 1. The normalized spacial score (nSPS) is 14.9. The van der Waals surface area contributed by atoms with Gasteiger partial charge in [-0.1, -0.05) is 29.5 Å². The molecular weight excluding hydrogens is 408 g/mol. The molecule has 144 valence electrons. The first kappa shape index (κ1) is 17.8. The Kier molecular flexibility index (Phi) is 3.74. The molecule has 2 aromatic heterocycles. The van der Waals surface area contributed by atoms with Gasteiger partial charge >= 0.3 is 0 Å². The van der Waals surface area contributed by atoms with Gasteiger partial charge in [-0.15, -0.1) is 0 Å². The predicted molar refractivity (Wildman–Crippen MR) is 117 cm³/mol. The number of sulfone groups is 1. The fraction of sp³-hybridized carbons (Fsp3) is 0.0500. The highest BCUT2D eigenvalue weighted by Crippen LogP contribution is 2.34. The molecule has 0 unspecified atom stereocenters. The second kappa shape index (κ2) is 6.10. The van der Waals surface area contributed by atoms with Crippen molar-refractivity contribution in [3.05, 3.63) is 63.9 Å². The van der Waals surface area contributed by atoms with Crippen LogP contribution in [0.4, 0.5) is 11.5 Å². The average molecular weight is 422 g/mol. The Hall–Kier alpha value is -3.30. The number of fused-ring (bicyclic) bond motifs is 4. The zero-order chi connectivity index (χ0) is 20.3. The predicted octanol–water partition coefficient (Wildman–Crippen LogP) is 3.15. The molecule has 0 atom stereocenters. The van der Waals surface area contributed by atoms with Crippen LogP contribution in [-0.4, -0.2) is 30.3 Å². The molecule has 1 aliphatic rings. The molecule has 0 fully saturated rings. The van der Waals surface area contributed by atoms with E-state index in [0.717, 1.165) is 23.1 Å². The van der Waals surface area contributed by atoms with Crippen molar-refractivity contribution in [1.29, 1.82) is 0 Å². The van der Waals surface area contributed by atoms with Crippen molar-refractivity contribution in [2.45, 2.75) is 4.90 Å². The monoisotopic (exact) mass is 422 g/mol. The minimum atomic E-state index is -3.34. The lowest BCUT2D eigenvalue weighted by Crippen LogP contribution is -2.16. The topological polar surface area (TPSA) is 107 Å². The number of para-hydroxylation sites is 1. The summed E-state index contributed by atoms with van der Waals surface area (Å²) in [5, 5.41) is 0. The maximum atomic E-state index is 12.7. The van der Waals surface area contributed by atoms with Crippen molar-refractivity contribution in [1.82, 2.24) is 9.38 Å². The first-order chi connectivity index (χ1) is 13.8. The molecule has 4 aromatic rings. The number of thiazole rings is 1. The van der Waals surface area contributed by atoms with Crippen LogP contribution < -0.4 is 11.3 Å². The van der Waals surface area contributed by atoms with Crippen LogP contribution in [-0.2, 0) is 9.84 Å². The van der Waals surface area contributed by atoms with Crippen LogP contribution >= 0.6 is 11.3 Å². The maximum Gasteiger partial charge on any atom is 0.283 e. The van der Waals surface area contributed by atoms with Gasteiger partial charge in [0.1, 0.15) is 5.82 Å². The number of nitrogen functional groups attached to an aromatic ring is 1. The van der Waals surface area contributed by atoms with Crippen molar-refractivity contribution in [2.24, 2.45) is 4.99 Å². The van der Waals surface area contributed by atoms with Crippen LogP contribution in [0.25, 0.3) is 26.8 Å². The van der Waals surface area contributed by atoms with Crippen molar-refractivity contribution < 1.29 is 8.42 Å². The smallest absolute Gasteiger partial charge is 0.283 e. The molecule has 0 aliphatic carbocycles. The molecule has 9 heteroatoms. The number of rotatable bonds is 2. The van der Waals surface area contributed by atoms with E-state index in [1.54, 1.807) is 28.8 Å². The Morgan fingerprint density at radius 3 is 2.76 bits per heavy atom. The Labute approximate surface area is 169 Å². The van der Waals surface area contributed by atoms with Crippen molar-refractivity contribution >= 4 is 65.7 Å². The molecule has 5 rings (SSSR count). The van der Waals surface area contributed by atoms with Crippen LogP contribution in [0.1, 0.15) is 11.1 Å². The zero-order valence-corrected chi connectivity index (χ0v) is 16.8. The molecule has 0 spiro atoms. The standard InChI is InChI=1S/C20H14N4O3S2/c1-29(26,27)12-6-7-16-17(9-12)28-20-23-19(25)14(18(21)24(16)20)8-11-10-22-15-5-3-2-4-13(11)15/h2-10H,21H2,1H3. The Morgan fingerprint density at radius 2 is 1.97 bits per heavy atom. The molecule has 2 aromatic carbocycles. The van der Waals surface area contributed by atoms with Gasteiger partial charge in [-0.3, -0.25) is 14.2 Å². The van der Waals surface area contributed by atoms with Gasteiger partial charge in [0, 0.05) is 23.6 Å². The quantitative estimate of drug-likeness (QED) is 0.534. The molecule has 0 radical (unpaired) electrons. The van der Waals surface area contributed by atoms with Crippen molar-refractivity contribution in [3.8, 4) is 0 Å². The zero-order valence-electron chi connectivity index (χ0n) is 15.2. The minimum Gasteiger partial charge on any atom is -0.384 e. The van der Waals surface area contributed by atoms with E-state index >= 15 is 0 Å². The van der Waals surface area contributed by atoms with E-state index in [9.17, 15) is 13.2 Å². The van der Waals surface area contributed by atoms with Gasteiger partial charge in [-0.2, -0.15) is 4.98 Å². The number of aliphatic imine (C=N–C) groups is 1. The number of anilines is 1. The second-order valence-corrected chi connectivity index (χ2v) is 9.74. The number of nitrogens with two attached hydrogens (primary N) is 1. The lowest BCUT2D eigenvalue weighted by Gasteiger charge is -2.06.